The van der Waals surface area contributed by atoms with Crippen molar-refractivity contribution in [3.05, 3.63) is 208 Å². The van der Waals surface area contributed by atoms with E-state index in [9.17, 15) is 10.4 Å². The molecule has 1 aliphatic heterocycles. The maximum atomic E-state index is 13.5. The molecule has 59 heavy (non-hydrogen) atoms. The quantitative estimate of drug-likeness (QED) is 0.0921. The molecule has 0 unspecified atom stereocenters. The predicted molar refractivity (Wildman–Crippen MR) is 226 cm³/mol. The first-order valence-corrected chi connectivity index (χ1v) is 20.1. The van der Waals surface area contributed by atoms with Crippen LogP contribution in [-0.2, 0) is 68.7 Å². The van der Waals surface area contributed by atoms with Crippen molar-refractivity contribution in [2.45, 2.75) is 76.4 Å². The highest BCUT2D eigenvalue weighted by atomic mass is 16.7. The first-order valence-electron chi connectivity index (χ1n) is 20.1. The van der Waals surface area contributed by atoms with Gasteiger partial charge in [-0.1, -0.05) is 153 Å². The zero-order valence-corrected chi connectivity index (χ0v) is 33.6. The third-order valence-electron chi connectivity index (χ3n) is 10.7. The Bertz CT molecular complexity index is 2230. The van der Waals surface area contributed by atoms with E-state index in [-0.39, 0.29) is 32.2 Å². The highest BCUT2D eigenvalue weighted by Crippen LogP contribution is 2.45. The van der Waals surface area contributed by atoms with E-state index < -0.39 is 30.2 Å². The zero-order valence-electron chi connectivity index (χ0n) is 33.6. The summed E-state index contributed by atoms with van der Waals surface area (Å²) in [6, 6.07) is 53.6. The summed E-state index contributed by atoms with van der Waals surface area (Å²) in [4.78, 5) is 0. The van der Waals surface area contributed by atoms with E-state index in [4.69, 9.17) is 28.4 Å². The summed E-state index contributed by atoms with van der Waals surface area (Å²) < 4.78 is 39.9. The van der Waals surface area contributed by atoms with Crippen molar-refractivity contribution in [1.82, 2.24) is 0 Å². The number of ether oxygens (including phenoxy) is 6. The van der Waals surface area contributed by atoms with Crippen LogP contribution in [0.5, 0.6) is 5.75 Å². The second-order valence-electron chi connectivity index (χ2n) is 14.8. The van der Waals surface area contributed by atoms with E-state index in [1.807, 2.05) is 127 Å². The lowest BCUT2D eigenvalue weighted by molar-refractivity contribution is -0.379. The highest BCUT2D eigenvalue weighted by Gasteiger charge is 2.58. The first kappa shape index (κ1) is 41.5. The minimum absolute atomic E-state index is 0.0580. The van der Waals surface area contributed by atoms with Crippen molar-refractivity contribution >= 4 is 0 Å². The van der Waals surface area contributed by atoms with Gasteiger partial charge in [-0.3, -0.25) is 0 Å². The number of benzene rings is 6. The summed E-state index contributed by atoms with van der Waals surface area (Å²) in [6.45, 7) is 3.09. The maximum absolute atomic E-state index is 13.5. The molecule has 1 saturated heterocycles. The molecule has 1 heterocycles. The molecule has 8 heteroatoms. The van der Waals surface area contributed by atoms with Crippen LogP contribution in [0, 0.1) is 11.3 Å². The fourth-order valence-electron chi connectivity index (χ4n) is 7.51. The topological polar surface area (TPSA) is 99.4 Å². The summed E-state index contributed by atoms with van der Waals surface area (Å²) in [7, 11) is 1.52. The first-order chi connectivity index (χ1) is 29.0. The lowest BCUT2D eigenvalue weighted by Crippen LogP contribution is -2.65. The number of nitrogens with zero attached hydrogens (tertiary/aromatic N) is 1. The van der Waals surface area contributed by atoms with Crippen molar-refractivity contribution in [2.75, 3.05) is 13.7 Å². The molecule has 0 aliphatic carbocycles. The van der Waals surface area contributed by atoms with E-state index in [2.05, 4.69) is 37.3 Å². The van der Waals surface area contributed by atoms with Gasteiger partial charge in [0.05, 0.1) is 57.3 Å². The van der Waals surface area contributed by atoms with Crippen molar-refractivity contribution in [1.29, 1.82) is 5.26 Å². The van der Waals surface area contributed by atoms with Gasteiger partial charge in [-0.2, -0.15) is 5.26 Å². The Hall–Kier alpha value is -5.63. The van der Waals surface area contributed by atoms with Gasteiger partial charge in [0.2, 0.25) is 5.79 Å². The standard InChI is InChI=1S/C51H51NO7/c1-3-37-24-26-38(27-25-37)28-43-29-45(46(54-2)30-44(43)31-52)51(53)50(58-35-42-22-14-7-15-23-42)49(57-34-41-20-12-6-13-21-41)48(56-33-40-18-10-5-11-19-40)47(59-51)36-55-32-39-16-8-4-9-17-39/h4-27,29-30,47-50,53H,3,28,32-36H2,1-2H3/t47-,48-,49+,50-,51+/m1/s1. The lowest BCUT2D eigenvalue weighted by atomic mass is 9.85. The molecule has 0 bridgehead atoms. The molecule has 1 aliphatic rings. The van der Waals surface area contributed by atoms with Gasteiger partial charge in [0.1, 0.15) is 30.2 Å². The number of hydrogen-bond acceptors (Lipinski definition) is 8. The minimum Gasteiger partial charge on any atom is -0.496 e. The van der Waals surface area contributed by atoms with Gasteiger partial charge in [0.25, 0.3) is 0 Å². The van der Waals surface area contributed by atoms with Crippen molar-refractivity contribution < 1.29 is 33.5 Å². The molecule has 1 fully saturated rings. The molecule has 0 saturated carbocycles. The van der Waals surface area contributed by atoms with Crippen LogP contribution in [0.1, 0.15) is 57.0 Å². The zero-order chi connectivity index (χ0) is 40.9. The van der Waals surface area contributed by atoms with Crippen LogP contribution in [-0.4, -0.2) is 43.2 Å². The highest BCUT2D eigenvalue weighted by molar-refractivity contribution is 5.52. The monoisotopic (exact) mass is 789 g/mol. The van der Waals surface area contributed by atoms with Gasteiger partial charge in [-0.25, -0.2) is 0 Å². The Balaban J connectivity index is 1.34. The Morgan fingerprint density at radius 1 is 0.610 bits per heavy atom. The van der Waals surface area contributed by atoms with Crippen LogP contribution in [0.15, 0.2) is 158 Å². The van der Waals surface area contributed by atoms with Crippen LogP contribution >= 0.6 is 0 Å². The van der Waals surface area contributed by atoms with Crippen molar-refractivity contribution in [3.63, 3.8) is 0 Å². The molecule has 0 aromatic heterocycles. The minimum atomic E-state index is -2.18. The molecule has 1 N–H and O–H groups in total. The lowest BCUT2D eigenvalue weighted by Gasteiger charge is -2.50. The molecule has 6 aromatic rings. The summed E-state index contributed by atoms with van der Waals surface area (Å²) in [5.74, 6) is -1.90. The predicted octanol–water partition coefficient (Wildman–Crippen LogP) is 9.24. The van der Waals surface area contributed by atoms with Crippen LogP contribution < -0.4 is 4.74 Å². The second-order valence-corrected chi connectivity index (χ2v) is 14.8. The van der Waals surface area contributed by atoms with E-state index in [1.54, 1.807) is 6.07 Å². The summed E-state index contributed by atoms with van der Waals surface area (Å²) in [6.07, 6.45) is -2.30. The van der Waals surface area contributed by atoms with Crippen LogP contribution in [0.2, 0.25) is 0 Å². The second kappa shape index (κ2) is 20.4. The fourth-order valence-corrected chi connectivity index (χ4v) is 7.51. The van der Waals surface area contributed by atoms with Gasteiger partial charge >= 0.3 is 0 Å². The van der Waals surface area contributed by atoms with Crippen LogP contribution in [0.3, 0.4) is 0 Å². The number of methoxy groups -OCH3 is 1. The van der Waals surface area contributed by atoms with E-state index in [0.717, 1.165) is 34.2 Å². The Kier molecular flexibility index (Phi) is 14.3. The number of nitriles is 1. The Labute approximate surface area is 347 Å². The molecule has 0 radical (unpaired) electrons. The number of aryl methyl sites for hydroxylation is 1. The van der Waals surface area contributed by atoms with Gasteiger partial charge in [0, 0.05) is 0 Å². The molecule has 6 aromatic carbocycles. The van der Waals surface area contributed by atoms with E-state index in [0.29, 0.717) is 29.7 Å². The van der Waals surface area contributed by atoms with Crippen LogP contribution in [0.25, 0.3) is 0 Å². The van der Waals surface area contributed by atoms with Crippen molar-refractivity contribution in [2.24, 2.45) is 0 Å². The Morgan fingerprint density at radius 2 is 1.10 bits per heavy atom. The number of aliphatic hydroxyl groups is 1. The number of rotatable bonds is 18. The van der Waals surface area contributed by atoms with Crippen molar-refractivity contribution in [3.8, 4) is 11.8 Å². The molecule has 0 amide bonds. The molecular formula is C51H51NO7. The number of hydrogen-bond donors (Lipinski definition) is 1. The average molecular weight is 790 g/mol. The van der Waals surface area contributed by atoms with E-state index in [1.165, 1.54) is 12.7 Å². The third-order valence-corrected chi connectivity index (χ3v) is 10.7. The molecule has 8 nitrogen and oxygen atoms in total. The molecular weight excluding hydrogens is 739 g/mol. The summed E-state index contributed by atoms with van der Waals surface area (Å²) >= 11 is 0. The summed E-state index contributed by atoms with van der Waals surface area (Å²) in [5, 5.41) is 23.9. The third kappa shape index (κ3) is 10.5. The van der Waals surface area contributed by atoms with Gasteiger partial charge in [0.15, 0.2) is 0 Å². The molecule has 0 spiro atoms. The Morgan fingerprint density at radius 3 is 1.61 bits per heavy atom. The summed E-state index contributed by atoms with van der Waals surface area (Å²) in [5.41, 5.74) is 7.47. The largest absolute Gasteiger partial charge is 0.496 e. The molecule has 7 rings (SSSR count). The SMILES string of the molecule is CCc1ccc(Cc2cc([C@]3(O)O[C@H](COCc4ccccc4)[C@@H](OCc4ccccc4)[C@H](OCc4ccccc4)[C@H]3OCc3ccccc3)c(OC)cc2C#N)cc1. The fraction of sp³-hybridized carbons (Fsp3) is 0.275. The molecule has 5 atom stereocenters. The average Bonchev–Trinajstić information content (AvgIpc) is 3.29. The maximum Gasteiger partial charge on any atom is 0.226 e. The van der Waals surface area contributed by atoms with Gasteiger partial charge in [-0.05, 0) is 63.9 Å². The van der Waals surface area contributed by atoms with Crippen LogP contribution in [0.4, 0.5) is 0 Å². The van der Waals surface area contributed by atoms with Gasteiger partial charge < -0.3 is 33.5 Å². The smallest absolute Gasteiger partial charge is 0.226 e. The van der Waals surface area contributed by atoms with Gasteiger partial charge in [-0.15, -0.1) is 0 Å². The van der Waals surface area contributed by atoms with E-state index >= 15 is 0 Å². The normalized spacial score (nSPS) is 20.2. The molecule has 302 valence electrons.